The third-order valence-corrected chi connectivity index (χ3v) is 9.94. The number of benzene rings is 2. The summed E-state index contributed by atoms with van der Waals surface area (Å²) in [6.45, 7) is 10.4. The van der Waals surface area contributed by atoms with Crippen LogP contribution >= 0.6 is 0 Å². The van der Waals surface area contributed by atoms with Crippen LogP contribution in [0.15, 0.2) is 67.1 Å². The van der Waals surface area contributed by atoms with Gasteiger partial charge in [-0.1, -0.05) is 63.1 Å². The first-order chi connectivity index (χ1) is 19.1. The van der Waals surface area contributed by atoms with Gasteiger partial charge in [-0.3, -0.25) is 4.68 Å². The van der Waals surface area contributed by atoms with Gasteiger partial charge in [-0.2, -0.15) is 5.10 Å². The van der Waals surface area contributed by atoms with Crippen LogP contribution in [-0.4, -0.2) is 16.3 Å². The van der Waals surface area contributed by atoms with Crippen molar-refractivity contribution in [3.05, 3.63) is 83.8 Å². The lowest BCUT2D eigenvalue weighted by Crippen LogP contribution is -2.33. The van der Waals surface area contributed by atoms with Crippen molar-refractivity contribution in [2.24, 2.45) is 11.8 Å². The van der Waals surface area contributed by atoms with Gasteiger partial charge in [0.15, 0.2) is 0 Å². The number of aryl methyl sites for hydroxylation is 2. The van der Waals surface area contributed by atoms with E-state index in [1.165, 1.54) is 104 Å². The topological polar surface area (TPSA) is 21.1 Å². The van der Waals surface area contributed by atoms with Crippen molar-refractivity contribution >= 4 is 5.69 Å². The number of hydrogen-bond donors (Lipinski definition) is 0. The normalized spacial score (nSPS) is 22.1. The second-order valence-electron chi connectivity index (χ2n) is 12.7. The first-order valence-electron chi connectivity index (χ1n) is 15.8. The van der Waals surface area contributed by atoms with Gasteiger partial charge < -0.3 is 4.90 Å². The lowest BCUT2D eigenvalue weighted by Gasteiger charge is -2.38. The van der Waals surface area contributed by atoms with Gasteiger partial charge in [0.1, 0.15) is 0 Å². The molecule has 39 heavy (non-hydrogen) atoms. The van der Waals surface area contributed by atoms with Crippen LogP contribution in [0.4, 0.5) is 5.69 Å². The number of hydrogen-bond acceptors (Lipinski definition) is 2. The second-order valence-corrected chi connectivity index (χ2v) is 12.7. The van der Waals surface area contributed by atoms with Crippen LogP contribution in [0.25, 0.3) is 11.1 Å². The number of anilines is 1. The van der Waals surface area contributed by atoms with Crippen LogP contribution in [0.3, 0.4) is 0 Å². The average molecular weight is 522 g/mol. The first-order valence-corrected chi connectivity index (χ1v) is 15.8. The van der Waals surface area contributed by atoms with E-state index in [0.29, 0.717) is 17.9 Å². The van der Waals surface area contributed by atoms with Gasteiger partial charge in [-0.25, -0.2) is 0 Å². The molecule has 0 saturated heterocycles. The summed E-state index contributed by atoms with van der Waals surface area (Å²) in [5.41, 5.74) is 9.70. The maximum Gasteiger partial charge on any atom is 0.0568 e. The molecule has 6 rings (SSSR count). The fourth-order valence-corrected chi connectivity index (χ4v) is 7.23. The molecular formula is C36H47N3. The van der Waals surface area contributed by atoms with E-state index in [2.05, 4.69) is 77.2 Å². The first kappa shape index (κ1) is 26.4. The number of aromatic nitrogens is 2. The van der Waals surface area contributed by atoms with Crippen LogP contribution in [0.2, 0.25) is 0 Å². The van der Waals surface area contributed by atoms with Crippen LogP contribution in [-0.2, 0) is 6.42 Å². The molecule has 0 spiro atoms. The molecule has 2 aromatic carbocycles. The summed E-state index contributed by atoms with van der Waals surface area (Å²) in [7, 11) is 0. The highest BCUT2D eigenvalue weighted by Gasteiger charge is 2.28. The molecule has 3 aromatic rings. The predicted octanol–water partition coefficient (Wildman–Crippen LogP) is 9.63. The van der Waals surface area contributed by atoms with E-state index in [4.69, 9.17) is 6.58 Å². The number of allylic oxidation sites excluding steroid dienone is 1. The van der Waals surface area contributed by atoms with E-state index in [1.807, 2.05) is 6.20 Å². The van der Waals surface area contributed by atoms with Crippen LogP contribution in [0.1, 0.15) is 106 Å². The summed E-state index contributed by atoms with van der Waals surface area (Å²) in [5.74, 6) is 2.06. The highest BCUT2D eigenvalue weighted by Crippen LogP contribution is 2.40. The van der Waals surface area contributed by atoms with Crippen molar-refractivity contribution in [1.82, 2.24) is 9.78 Å². The van der Waals surface area contributed by atoms with Crippen LogP contribution in [0.5, 0.6) is 0 Å². The lowest BCUT2D eigenvalue weighted by atomic mass is 9.77. The van der Waals surface area contributed by atoms with Crippen LogP contribution in [0, 0.1) is 18.8 Å². The van der Waals surface area contributed by atoms with Gasteiger partial charge in [-0.05, 0) is 117 Å². The zero-order valence-corrected chi connectivity index (χ0v) is 24.2. The van der Waals surface area contributed by atoms with Gasteiger partial charge in [0.05, 0.1) is 12.2 Å². The summed E-state index contributed by atoms with van der Waals surface area (Å²) in [4.78, 5) is 2.62. The summed E-state index contributed by atoms with van der Waals surface area (Å²) in [6.07, 6.45) is 19.8. The summed E-state index contributed by atoms with van der Waals surface area (Å²) in [6, 6.07) is 17.1. The molecule has 0 atom stereocenters. The molecule has 0 aliphatic heterocycles. The Morgan fingerprint density at radius 1 is 0.923 bits per heavy atom. The van der Waals surface area contributed by atoms with E-state index in [1.54, 1.807) is 5.56 Å². The summed E-state index contributed by atoms with van der Waals surface area (Å²) >= 11 is 0. The largest absolute Gasteiger partial charge is 0.345 e. The van der Waals surface area contributed by atoms with Gasteiger partial charge in [0.25, 0.3) is 0 Å². The number of rotatable bonds is 9. The molecule has 3 heteroatoms. The molecule has 0 bridgehead atoms. The third-order valence-electron chi connectivity index (χ3n) is 9.94. The summed E-state index contributed by atoms with van der Waals surface area (Å²) in [5, 5.41) is 4.66. The van der Waals surface area contributed by atoms with Gasteiger partial charge >= 0.3 is 0 Å². The Labute approximate surface area is 236 Å². The van der Waals surface area contributed by atoms with Crippen molar-refractivity contribution in [3.63, 3.8) is 0 Å². The standard InChI is InChI=1S/C36H47N3/c1-4-29-17-18-33(21-26(29)2)31-15-13-28(14-16-31)24-38(27(3)30-9-6-5-7-10-30)36-12-8-11-32(22-36)34-23-37-39(25-34)35-19-20-35/h8,11-12,17-18,21-23,25,28,30-31,35H,3-7,9-10,13-16,19-20,24H2,1-2H3. The minimum absolute atomic E-state index is 0.619. The molecular weight excluding hydrogens is 474 g/mol. The molecule has 0 amide bonds. The Balaban J connectivity index is 1.19. The van der Waals surface area contributed by atoms with Crippen LogP contribution < -0.4 is 4.90 Å². The van der Waals surface area contributed by atoms with E-state index in [-0.39, 0.29) is 0 Å². The van der Waals surface area contributed by atoms with Gasteiger partial charge in [-0.15, -0.1) is 0 Å². The number of nitrogens with zero attached hydrogens (tertiary/aromatic N) is 3. The van der Waals surface area contributed by atoms with Gasteiger partial charge in [0.2, 0.25) is 0 Å². The van der Waals surface area contributed by atoms with Crippen molar-refractivity contribution in [1.29, 1.82) is 0 Å². The highest BCUT2D eigenvalue weighted by atomic mass is 15.3. The molecule has 3 aliphatic rings. The Hall–Kier alpha value is -2.81. The van der Waals surface area contributed by atoms with Crippen molar-refractivity contribution in [2.45, 2.75) is 103 Å². The lowest BCUT2D eigenvalue weighted by molar-refractivity contribution is 0.323. The monoisotopic (exact) mass is 521 g/mol. The molecule has 1 aromatic heterocycles. The van der Waals surface area contributed by atoms with Crippen molar-refractivity contribution in [3.8, 4) is 11.1 Å². The molecule has 3 nitrogen and oxygen atoms in total. The van der Waals surface area contributed by atoms with Crippen molar-refractivity contribution < 1.29 is 0 Å². The average Bonchev–Trinajstić information content (AvgIpc) is 3.72. The molecule has 3 fully saturated rings. The molecule has 1 heterocycles. The van der Waals surface area contributed by atoms with Gasteiger partial charge in [0, 0.05) is 29.7 Å². The molecule has 0 radical (unpaired) electrons. The van der Waals surface area contributed by atoms with E-state index in [0.717, 1.165) is 18.9 Å². The van der Waals surface area contributed by atoms with E-state index < -0.39 is 0 Å². The maximum absolute atomic E-state index is 4.76. The SMILES string of the molecule is C=C(C1CCCCC1)N(CC1CCC(c2ccc(CC)c(C)c2)CC1)c1cccc(-c2cnn(C3CC3)c2)c1. The Kier molecular flexibility index (Phi) is 7.95. The van der Waals surface area contributed by atoms with E-state index >= 15 is 0 Å². The highest BCUT2D eigenvalue weighted by molar-refractivity contribution is 5.68. The molecule has 3 saturated carbocycles. The minimum atomic E-state index is 0.619. The zero-order valence-electron chi connectivity index (χ0n) is 24.2. The zero-order chi connectivity index (χ0) is 26.8. The smallest absolute Gasteiger partial charge is 0.0568 e. The Morgan fingerprint density at radius 3 is 2.44 bits per heavy atom. The maximum atomic E-state index is 4.76. The summed E-state index contributed by atoms with van der Waals surface area (Å²) < 4.78 is 2.16. The molecule has 0 N–H and O–H groups in total. The third kappa shape index (κ3) is 6.03. The minimum Gasteiger partial charge on any atom is -0.345 e. The quantitative estimate of drug-likeness (QED) is 0.279. The molecule has 0 unspecified atom stereocenters. The Morgan fingerprint density at radius 2 is 1.72 bits per heavy atom. The predicted molar refractivity (Wildman–Crippen MR) is 164 cm³/mol. The fraction of sp³-hybridized carbons (Fsp3) is 0.528. The molecule has 206 valence electrons. The fourth-order valence-electron chi connectivity index (χ4n) is 7.23. The second kappa shape index (κ2) is 11.7. The molecule has 3 aliphatic carbocycles. The Bertz CT molecular complexity index is 1270. The van der Waals surface area contributed by atoms with Crippen molar-refractivity contribution in [2.75, 3.05) is 11.4 Å². The van der Waals surface area contributed by atoms with E-state index in [9.17, 15) is 0 Å².